The summed E-state index contributed by atoms with van der Waals surface area (Å²) in [6.07, 6.45) is 10.2. The van der Waals surface area contributed by atoms with E-state index >= 15 is 0 Å². The van der Waals surface area contributed by atoms with Crippen LogP contribution in [0.25, 0.3) is 0 Å². The van der Waals surface area contributed by atoms with Crippen molar-refractivity contribution in [1.29, 1.82) is 0 Å². The molecule has 0 aliphatic heterocycles. The Labute approximate surface area is 104 Å². The summed E-state index contributed by atoms with van der Waals surface area (Å²) in [5.74, 6) is 1.86. The number of nitrogens with one attached hydrogen (secondary N) is 1. The number of carbonyl (C=O) groups excluding carboxylic acids is 1. The molecule has 0 radical (unpaired) electrons. The van der Waals surface area contributed by atoms with Gasteiger partial charge in [0.25, 0.3) is 0 Å². The quantitative estimate of drug-likeness (QED) is 0.787. The summed E-state index contributed by atoms with van der Waals surface area (Å²) in [6.45, 7) is 0. The molecule has 3 heteroatoms. The Morgan fingerprint density at radius 1 is 1.24 bits per heavy atom. The molecule has 96 valence electrons. The summed E-state index contributed by atoms with van der Waals surface area (Å²) in [6, 6.07) is 0.464. The van der Waals surface area contributed by atoms with Crippen molar-refractivity contribution in [3.8, 4) is 0 Å². The van der Waals surface area contributed by atoms with E-state index in [4.69, 9.17) is 5.73 Å². The van der Waals surface area contributed by atoms with Crippen molar-refractivity contribution in [3.05, 3.63) is 0 Å². The maximum absolute atomic E-state index is 12.0. The number of nitrogens with two attached hydrogens (primary N) is 1. The molecule has 3 N–H and O–H groups in total. The van der Waals surface area contributed by atoms with Crippen LogP contribution in [0.2, 0.25) is 0 Å². The molecule has 17 heavy (non-hydrogen) atoms. The molecule has 3 rings (SSSR count). The van der Waals surface area contributed by atoms with Crippen LogP contribution in [-0.4, -0.2) is 17.5 Å². The molecule has 3 unspecified atom stereocenters. The predicted molar refractivity (Wildman–Crippen MR) is 67.4 cm³/mol. The lowest BCUT2D eigenvalue weighted by Crippen LogP contribution is -2.45. The van der Waals surface area contributed by atoms with Crippen molar-refractivity contribution < 1.29 is 4.79 Å². The summed E-state index contributed by atoms with van der Waals surface area (Å²) in [7, 11) is 0. The van der Waals surface area contributed by atoms with Crippen molar-refractivity contribution >= 4 is 5.91 Å². The zero-order valence-electron chi connectivity index (χ0n) is 10.6. The Hall–Kier alpha value is -0.570. The molecule has 0 aromatic rings. The molecule has 3 aliphatic carbocycles. The van der Waals surface area contributed by atoms with Gasteiger partial charge in [-0.05, 0) is 43.9 Å². The molecule has 0 heterocycles. The number of fused-ring (bicyclic) bond motifs is 2. The average molecular weight is 236 g/mol. The standard InChI is InChI=1S/C14H24N2O/c15-14(5-1-2-6-14)9-13(17)16-12-8-10-3-4-11(12)7-10/h10-12H,1-9,15H2,(H,16,17). The van der Waals surface area contributed by atoms with Crippen LogP contribution in [0.5, 0.6) is 0 Å². The van der Waals surface area contributed by atoms with Crippen molar-refractivity contribution in [3.63, 3.8) is 0 Å². The minimum Gasteiger partial charge on any atom is -0.353 e. The van der Waals surface area contributed by atoms with Crippen LogP contribution in [0.3, 0.4) is 0 Å². The highest BCUT2D eigenvalue weighted by atomic mass is 16.1. The van der Waals surface area contributed by atoms with Crippen molar-refractivity contribution in [2.24, 2.45) is 17.6 Å². The molecule has 0 aromatic carbocycles. The predicted octanol–water partition coefficient (Wildman–Crippen LogP) is 1.95. The molecule has 3 aliphatic rings. The summed E-state index contributed by atoms with van der Waals surface area (Å²) in [5.41, 5.74) is 6.06. The number of carbonyl (C=O) groups is 1. The van der Waals surface area contributed by atoms with Gasteiger partial charge in [0.15, 0.2) is 0 Å². The van der Waals surface area contributed by atoms with Crippen LogP contribution in [0, 0.1) is 11.8 Å². The highest BCUT2D eigenvalue weighted by Gasteiger charge is 2.41. The first-order valence-corrected chi connectivity index (χ1v) is 7.23. The fraction of sp³-hybridized carbons (Fsp3) is 0.929. The van der Waals surface area contributed by atoms with Crippen LogP contribution >= 0.6 is 0 Å². The summed E-state index contributed by atoms with van der Waals surface area (Å²) in [4.78, 5) is 12.0. The molecular formula is C14H24N2O. The van der Waals surface area contributed by atoms with E-state index in [1.54, 1.807) is 0 Å². The Bertz CT molecular complexity index is 309. The van der Waals surface area contributed by atoms with Crippen LogP contribution in [0.4, 0.5) is 0 Å². The second-order valence-corrected chi connectivity index (χ2v) is 6.60. The van der Waals surface area contributed by atoms with Crippen molar-refractivity contribution in [2.45, 2.75) is 69.4 Å². The maximum atomic E-state index is 12.0. The number of rotatable bonds is 3. The molecule has 3 nitrogen and oxygen atoms in total. The van der Waals surface area contributed by atoms with E-state index in [-0.39, 0.29) is 11.4 Å². The Morgan fingerprint density at radius 3 is 2.59 bits per heavy atom. The van der Waals surface area contributed by atoms with E-state index < -0.39 is 0 Å². The highest BCUT2D eigenvalue weighted by Crippen LogP contribution is 2.44. The van der Waals surface area contributed by atoms with E-state index in [1.807, 2.05) is 0 Å². The lowest BCUT2D eigenvalue weighted by Gasteiger charge is -2.27. The molecule has 0 spiro atoms. The summed E-state index contributed by atoms with van der Waals surface area (Å²) in [5, 5.41) is 3.24. The molecule has 3 saturated carbocycles. The first-order chi connectivity index (χ1) is 8.15. The summed E-state index contributed by atoms with van der Waals surface area (Å²) >= 11 is 0. The van der Waals surface area contributed by atoms with E-state index in [9.17, 15) is 4.79 Å². The third-order valence-electron chi connectivity index (χ3n) is 5.20. The Morgan fingerprint density at radius 2 is 2.00 bits per heavy atom. The lowest BCUT2D eigenvalue weighted by molar-refractivity contribution is -0.123. The largest absolute Gasteiger partial charge is 0.353 e. The third-order valence-corrected chi connectivity index (χ3v) is 5.20. The molecule has 1 amide bonds. The van der Waals surface area contributed by atoms with Gasteiger partial charge in [-0.25, -0.2) is 0 Å². The van der Waals surface area contributed by atoms with Gasteiger partial charge in [-0.3, -0.25) is 4.79 Å². The first kappa shape index (κ1) is 11.5. The summed E-state index contributed by atoms with van der Waals surface area (Å²) < 4.78 is 0. The smallest absolute Gasteiger partial charge is 0.222 e. The molecule has 0 aromatic heterocycles. The SMILES string of the molecule is NC1(CC(=O)NC2CC3CCC2C3)CCCC1. The van der Waals surface area contributed by atoms with Crippen LogP contribution in [0.1, 0.15) is 57.8 Å². The lowest BCUT2D eigenvalue weighted by atomic mass is 9.92. The van der Waals surface area contributed by atoms with E-state index in [1.165, 1.54) is 38.5 Å². The first-order valence-electron chi connectivity index (χ1n) is 7.23. The van der Waals surface area contributed by atoms with Gasteiger partial charge in [-0.1, -0.05) is 19.3 Å². The molecule has 2 bridgehead atoms. The van der Waals surface area contributed by atoms with Gasteiger partial charge in [-0.15, -0.1) is 0 Å². The van der Waals surface area contributed by atoms with Gasteiger partial charge in [0.2, 0.25) is 5.91 Å². The van der Waals surface area contributed by atoms with Gasteiger partial charge < -0.3 is 11.1 Å². The van der Waals surface area contributed by atoms with Crippen molar-refractivity contribution in [2.75, 3.05) is 0 Å². The Balaban J connectivity index is 1.50. The van der Waals surface area contributed by atoms with Gasteiger partial charge in [0, 0.05) is 18.0 Å². The second-order valence-electron chi connectivity index (χ2n) is 6.60. The minimum atomic E-state index is -0.193. The highest BCUT2D eigenvalue weighted by molar-refractivity contribution is 5.77. The monoisotopic (exact) mass is 236 g/mol. The molecule has 0 saturated heterocycles. The molecule has 3 atom stereocenters. The van der Waals surface area contributed by atoms with Crippen LogP contribution < -0.4 is 11.1 Å². The average Bonchev–Trinajstić information content (AvgIpc) is 2.93. The second kappa shape index (κ2) is 4.27. The van der Waals surface area contributed by atoms with Crippen LogP contribution in [0.15, 0.2) is 0 Å². The number of hydrogen-bond acceptors (Lipinski definition) is 2. The zero-order valence-corrected chi connectivity index (χ0v) is 10.6. The number of amides is 1. The van der Waals surface area contributed by atoms with Gasteiger partial charge in [0.1, 0.15) is 0 Å². The maximum Gasteiger partial charge on any atom is 0.222 e. The van der Waals surface area contributed by atoms with E-state index in [0.29, 0.717) is 12.5 Å². The molecular weight excluding hydrogens is 212 g/mol. The van der Waals surface area contributed by atoms with Gasteiger partial charge in [0.05, 0.1) is 0 Å². The van der Waals surface area contributed by atoms with Gasteiger partial charge in [-0.2, -0.15) is 0 Å². The van der Waals surface area contributed by atoms with E-state index in [0.717, 1.165) is 24.7 Å². The minimum absolute atomic E-state index is 0.193. The van der Waals surface area contributed by atoms with E-state index in [2.05, 4.69) is 5.32 Å². The fourth-order valence-electron chi connectivity index (χ4n) is 4.25. The zero-order chi connectivity index (χ0) is 11.9. The van der Waals surface area contributed by atoms with Gasteiger partial charge >= 0.3 is 0 Å². The third kappa shape index (κ3) is 2.35. The molecule has 3 fully saturated rings. The van der Waals surface area contributed by atoms with Crippen molar-refractivity contribution in [1.82, 2.24) is 5.32 Å². The van der Waals surface area contributed by atoms with Crippen LogP contribution in [-0.2, 0) is 4.79 Å². The fourth-order valence-corrected chi connectivity index (χ4v) is 4.25. The topological polar surface area (TPSA) is 55.1 Å². The normalized spacial score (nSPS) is 38.5. The number of hydrogen-bond donors (Lipinski definition) is 2. The Kier molecular flexibility index (Phi) is 2.89.